The number of nitrogens with one attached hydrogen (secondary N) is 1. The zero-order valence-corrected chi connectivity index (χ0v) is 18.0. The Bertz CT molecular complexity index is 1180. The maximum atomic E-state index is 12.3. The van der Waals surface area contributed by atoms with Crippen molar-refractivity contribution in [3.8, 4) is 0 Å². The molecular formula is C26H25ClN2O2. The van der Waals surface area contributed by atoms with E-state index in [1.807, 2.05) is 59.2 Å². The molecule has 158 valence electrons. The summed E-state index contributed by atoms with van der Waals surface area (Å²) in [6, 6.07) is 25.8. The Morgan fingerprint density at radius 1 is 0.935 bits per heavy atom. The number of halogens is 1. The molecule has 0 amide bonds. The van der Waals surface area contributed by atoms with E-state index in [9.17, 15) is 9.90 Å². The summed E-state index contributed by atoms with van der Waals surface area (Å²) < 4.78 is 1.88. The topological polar surface area (TPSA) is 54.3 Å². The number of carboxylic acid groups (broad SMARTS) is 1. The predicted molar refractivity (Wildman–Crippen MR) is 126 cm³/mol. The molecule has 1 heterocycles. The lowest BCUT2D eigenvalue weighted by Crippen LogP contribution is -2.18. The van der Waals surface area contributed by atoms with E-state index in [-0.39, 0.29) is 0 Å². The number of hydrogen-bond acceptors (Lipinski definition) is 2. The van der Waals surface area contributed by atoms with Gasteiger partial charge in [-0.2, -0.15) is 0 Å². The zero-order valence-electron chi connectivity index (χ0n) is 17.2. The van der Waals surface area contributed by atoms with Gasteiger partial charge in [-0.3, -0.25) is 0 Å². The Labute approximate surface area is 187 Å². The third-order valence-corrected chi connectivity index (χ3v) is 5.71. The van der Waals surface area contributed by atoms with Crippen LogP contribution >= 0.6 is 11.6 Å². The lowest BCUT2D eigenvalue weighted by atomic mass is 10.1. The third-order valence-electron chi connectivity index (χ3n) is 5.47. The molecule has 4 nitrogen and oxygen atoms in total. The lowest BCUT2D eigenvalue weighted by Gasteiger charge is -2.10. The Morgan fingerprint density at radius 3 is 2.45 bits per heavy atom. The summed E-state index contributed by atoms with van der Waals surface area (Å²) in [5, 5.41) is 15.1. The van der Waals surface area contributed by atoms with Crippen molar-refractivity contribution in [2.75, 3.05) is 6.54 Å². The standard InChI is InChI=1S/C26H25ClN2O2/c27-21-12-6-10-20(16-21)18-29-24-14-5-4-13-22(24)23(25(29)26(30)31)17-28-15-7-11-19-8-2-1-3-9-19/h1-6,8-10,12-14,16,28H,7,11,15,17-18H2,(H,30,31). The summed E-state index contributed by atoms with van der Waals surface area (Å²) in [6.07, 6.45) is 1.99. The van der Waals surface area contributed by atoms with Gasteiger partial charge in [0.2, 0.25) is 0 Å². The second kappa shape index (κ2) is 9.82. The number of nitrogens with zero attached hydrogens (tertiary/aromatic N) is 1. The highest BCUT2D eigenvalue weighted by atomic mass is 35.5. The van der Waals surface area contributed by atoms with Crippen LogP contribution in [0.4, 0.5) is 0 Å². The molecule has 4 rings (SSSR count). The molecule has 0 radical (unpaired) electrons. The van der Waals surface area contributed by atoms with Gasteiger partial charge in [0.05, 0.1) is 0 Å². The second-order valence-electron chi connectivity index (χ2n) is 7.63. The first kappa shape index (κ1) is 21.2. The molecule has 31 heavy (non-hydrogen) atoms. The van der Waals surface area contributed by atoms with Crippen LogP contribution in [0.3, 0.4) is 0 Å². The highest BCUT2D eigenvalue weighted by Crippen LogP contribution is 2.28. The molecule has 0 aliphatic carbocycles. The summed E-state index contributed by atoms with van der Waals surface area (Å²) in [5.74, 6) is -0.917. The van der Waals surface area contributed by atoms with Crippen LogP contribution in [0.2, 0.25) is 5.02 Å². The van der Waals surface area contributed by atoms with Crippen LogP contribution < -0.4 is 5.32 Å². The highest BCUT2D eigenvalue weighted by Gasteiger charge is 2.22. The molecule has 0 aliphatic rings. The summed E-state index contributed by atoms with van der Waals surface area (Å²) >= 11 is 6.14. The SMILES string of the molecule is O=C(O)c1c(CNCCCc2ccccc2)c2ccccc2n1Cc1cccc(Cl)c1. The molecule has 2 N–H and O–H groups in total. The molecule has 3 aromatic carbocycles. The van der Waals surface area contributed by atoms with Gasteiger partial charge in [-0.25, -0.2) is 4.79 Å². The van der Waals surface area contributed by atoms with Gasteiger partial charge in [-0.05, 0) is 48.7 Å². The summed E-state index contributed by atoms with van der Waals surface area (Å²) in [7, 11) is 0. The quantitative estimate of drug-likeness (QED) is 0.330. The molecular weight excluding hydrogens is 408 g/mol. The van der Waals surface area contributed by atoms with Crippen molar-refractivity contribution in [2.24, 2.45) is 0 Å². The average Bonchev–Trinajstić information content (AvgIpc) is 3.08. The first-order valence-electron chi connectivity index (χ1n) is 10.5. The number of hydrogen-bond donors (Lipinski definition) is 2. The number of benzene rings is 3. The van der Waals surface area contributed by atoms with Gasteiger partial charge in [0, 0.05) is 34.6 Å². The van der Waals surface area contributed by atoms with Gasteiger partial charge in [-0.15, -0.1) is 0 Å². The van der Waals surface area contributed by atoms with E-state index in [1.54, 1.807) is 0 Å². The van der Waals surface area contributed by atoms with E-state index < -0.39 is 5.97 Å². The number of aromatic nitrogens is 1. The number of carboxylic acids is 1. The zero-order chi connectivity index (χ0) is 21.6. The normalized spacial score (nSPS) is 11.1. The maximum Gasteiger partial charge on any atom is 0.352 e. The minimum atomic E-state index is -0.917. The lowest BCUT2D eigenvalue weighted by molar-refractivity contribution is 0.0685. The molecule has 4 aromatic rings. The second-order valence-corrected chi connectivity index (χ2v) is 8.07. The van der Waals surface area contributed by atoms with E-state index in [0.717, 1.165) is 41.4 Å². The van der Waals surface area contributed by atoms with E-state index >= 15 is 0 Å². The minimum absolute atomic E-state index is 0.330. The van der Waals surface area contributed by atoms with E-state index in [1.165, 1.54) is 5.56 Å². The fraction of sp³-hybridized carbons (Fsp3) is 0.192. The van der Waals surface area contributed by atoms with Crippen molar-refractivity contribution in [1.29, 1.82) is 0 Å². The molecule has 1 aromatic heterocycles. The Morgan fingerprint density at radius 2 is 1.68 bits per heavy atom. The molecule has 0 aliphatic heterocycles. The van der Waals surface area contributed by atoms with Gasteiger partial charge in [0.25, 0.3) is 0 Å². The van der Waals surface area contributed by atoms with Crippen molar-refractivity contribution in [3.63, 3.8) is 0 Å². The molecule has 0 bridgehead atoms. The molecule has 0 saturated carbocycles. The molecule has 0 unspecified atom stereocenters. The Balaban J connectivity index is 1.56. The van der Waals surface area contributed by atoms with Gasteiger partial charge in [0.1, 0.15) is 5.69 Å². The number of aromatic carboxylic acids is 1. The van der Waals surface area contributed by atoms with Crippen LogP contribution in [0.1, 0.15) is 33.6 Å². The first-order valence-corrected chi connectivity index (χ1v) is 10.8. The Kier molecular flexibility index (Phi) is 6.70. The molecule has 5 heteroatoms. The molecule has 0 spiro atoms. The monoisotopic (exact) mass is 432 g/mol. The highest BCUT2D eigenvalue weighted by molar-refractivity contribution is 6.30. The van der Waals surface area contributed by atoms with Crippen molar-refractivity contribution in [2.45, 2.75) is 25.9 Å². The minimum Gasteiger partial charge on any atom is -0.477 e. The molecule has 0 atom stereocenters. The average molecular weight is 433 g/mol. The maximum absolute atomic E-state index is 12.3. The fourth-order valence-electron chi connectivity index (χ4n) is 4.06. The van der Waals surface area contributed by atoms with Crippen LogP contribution in [0.25, 0.3) is 10.9 Å². The smallest absolute Gasteiger partial charge is 0.352 e. The number of aryl methyl sites for hydroxylation is 1. The van der Waals surface area contributed by atoms with E-state index in [2.05, 4.69) is 29.6 Å². The van der Waals surface area contributed by atoms with Crippen LogP contribution in [-0.4, -0.2) is 22.2 Å². The van der Waals surface area contributed by atoms with Crippen LogP contribution in [0.15, 0.2) is 78.9 Å². The van der Waals surface area contributed by atoms with Crippen LogP contribution in [-0.2, 0) is 19.5 Å². The number of rotatable bonds is 9. The van der Waals surface area contributed by atoms with Crippen LogP contribution in [0.5, 0.6) is 0 Å². The van der Waals surface area contributed by atoms with E-state index in [0.29, 0.717) is 23.8 Å². The van der Waals surface area contributed by atoms with Crippen molar-refractivity contribution < 1.29 is 9.90 Å². The van der Waals surface area contributed by atoms with Gasteiger partial charge < -0.3 is 15.0 Å². The largest absolute Gasteiger partial charge is 0.477 e. The molecule has 0 saturated heterocycles. The van der Waals surface area contributed by atoms with E-state index in [4.69, 9.17) is 11.6 Å². The third kappa shape index (κ3) is 4.98. The predicted octanol–water partition coefficient (Wildman–Crippen LogP) is 5.76. The Hall–Kier alpha value is -3.08. The fourth-order valence-corrected chi connectivity index (χ4v) is 4.27. The molecule has 0 fully saturated rings. The van der Waals surface area contributed by atoms with Crippen molar-refractivity contribution in [3.05, 3.63) is 106 Å². The number of fused-ring (bicyclic) bond motifs is 1. The van der Waals surface area contributed by atoms with Crippen LogP contribution in [0, 0.1) is 0 Å². The van der Waals surface area contributed by atoms with Crippen molar-refractivity contribution >= 4 is 28.5 Å². The van der Waals surface area contributed by atoms with Gasteiger partial charge >= 0.3 is 5.97 Å². The first-order chi connectivity index (χ1) is 15.1. The summed E-state index contributed by atoms with van der Waals surface area (Å²) in [5.41, 5.74) is 4.36. The summed E-state index contributed by atoms with van der Waals surface area (Å²) in [4.78, 5) is 12.3. The number of para-hydroxylation sites is 1. The number of carbonyl (C=O) groups is 1. The van der Waals surface area contributed by atoms with Crippen molar-refractivity contribution in [1.82, 2.24) is 9.88 Å². The van der Waals surface area contributed by atoms with Gasteiger partial charge in [0.15, 0.2) is 0 Å². The summed E-state index contributed by atoms with van der Waals surface area (Å²) in [6.45, 7) is 1.79. The van der Waals surface area contributed by atoms with Gasteiger partial charge in [-0.1, -0.05) is 72.3 Å².